The first-order valence-corrected chi connectivity index (χ1v) is 9.14. The number of nitrogens with zero attached hydrogens (tertiary/aromatic N) is 3. The van der Waals surface area contributed by atoms with Crippen LogP contribution in [0, 0.1) is 0 Å². The number of likely N-dealkylation sites (N-methyl/N-ethyl adjacent to an activating group) is 1. The Labute approximate surface area is 164 Å². The highest BCUT2D eigenvalue weighted by Crippen LogP contribution is 2.29. The fourth-order valence-electron chi connectivity index (χ4n) is 3.14. The third-order valence-electron chi connectivity index (χ3n) is 4.88. The Morgan fingerprint density at radius 2 is 1.68 bits per heavy atom. The number of para-hydroxylation sites is 1. The molecule has 1 unspecified atom stereocenters. The minimum Gasteiger partial charge on any atom is -0.480 e. The van der Waals surface area contributed by atoms with E-state index in [0.717, 1.165) is 5.56 Å². The van der Waals surface area contributed by atoms with Crippen LogP contribution in [0.5, 0.6) is 0 Å². The Morgan fingerprint density at radius 1 is 1.07 bits per heavy atom. The molecule has 0 spiro atoms. The highest BCUT2D eigenvalue weighted by molar-refractivity contribution is 6.14. The summed E-state index contributed by atoms with van der Waals surface area (Å²) in [6.07, 6.45) is 3.10. The minimum absolute atomic E-state index is 0.357. The first-order chi connectivity index (χ1) is 13.5. The number of aliphatic carboxylic acids is 1. The first kappa shape index (κ1) is 19.4. The van der Waals surface area contributed by atoms with Gasteiger partial charge >= 0.3 is 5.97 Å². The molecule has 3 aromatic rings. The van der Waals surface area contributed by atoms with E-state index in [1.807, 2.05) is 55.5 Å². The molecule has 0 aliphatic rings. The van der Waals surface area contributed by atoms with Gasteiger partial charge in [0.15, 0.2) is 5.41 Å². The van der Waals surface area contributed by atoms with Gasteiger partial charge in [0, 0.05) is 24.0 Å². The lowest BCUT2D eigenvalue weighted by Gasteiger charge is -2.30. The van der Waals surface area contributed by atoms with Gasteiger partial charge in [0.2, 0.25) is 5.91 Å². The molecule has 144 valence electrons. The van der Waals surface area contributed by atoms with Crippen molar-refractivity contribution in [2.75, 3.05) is 11.4 Å². The molecule has 1 heterocycles. The summed E-state index contributed by atoms with van der Waals surface area (Å²) in [6, 6.07) is 18.8. The molecule has 6 nitrogen and oxygen atoms in total. The normalized spacial score (nSPS) is 12.9. The van der Waals surface area contributed by atoms with Crippen LogP contribution < -0.4 is 4.90 Å². The van der Waals surface area contributed by atoms with E-state index in [2.05, 4.69) is 5.10 Å². The van der Waals surface area contributed by atoms with Crippen LogP contribution in [-0.4, -0.2) is 33.3 Å². The molecule has 0 radical (unpaired) electrons. The van der Waals surface area contributed by atoms with Crippen LogP contribution in [0.4, 0.5) is 5.69 Å². The maximum absolute atomic E-state index is 13.3. The molecule has 0 aliphatic heterocycles. The lowest BCUT2D eigenvalue weighted by molar-refractivity contribution is -0.148. The van der Waals surface area contributed by atoms with Crippen molar-refractivity contribution in [1.82, 2.24) is 9.78 Å². The fraction of sp³-hybridized carbons (Fsp3) is 0.227. The number of amides is 1. The molecule has 1 atom stereocenters. The fourth-order valence-corrected chi connectivity index (χ4v) is 3.14. The van der Waals surface area contributed by atoms with Crippen molar-refractivity contribution in [1.29, 1.82) is 0 Å². The number of carbonyl (C=O) groups is 2. The average molecular weight is 377 g/mol. The van der Waals surface area contributed by atoms with E-state index in [1.165, 1.54) is 18.0 Å². The molecule has 0 fully saturated rings. The topological polar surface area (TPSA) is 75.4 Å². The summed E-state index contributed by atoms with van der Waals surface area (Å²) in [5, 5.41) is 14.2. The lowest BCUT2D eigenvalue weighted by Crippen LogP contribution is -2.50. The van der Waals surface area contributed by atoms with Crippen LogP contribution in [0.3, 0.4) is 0 Å². The summed E-state index contributed by atoms with van der Waals surface area (Å²) in [5.74, 6) is -1.70. The Bertz CT molecular complexity index is 953. The van der Waals surface area contributed by atoms with Crippen molar-refractivity contribution in [3.63, 3.8) is 0 Å². The largest absolute Gasteiger partial charge is 0.480 e. The van der Waals surface area contributed by atoms with E-state index in [0.29, 0.717) is 24.3 Å². The number of hydrogen-bond acceptors (Lipinski definition) is 3. The van der Waals surface area contributed by atoms with Gasteiger partial charge < -0.3 is 10.0 Å². The van der Waals surface area contributed by atoms with Gasteiger partial charge in [0.05, 0.1) is 12.7 Å². The van der Waals surface area contributed by atoms with E-state index in [1.54, 1.807) is 23.0 Å². The first-order valence-electron chi connectivity index (χ1n) is 9.14. The Balaban J connectivity index is 1.93. The molecule has 28 heavy (non-hydrogen) atoms. The van der Waals surface area contributed by atoms with E-state index >= 15 is 0 Å². The summed E-state index contributed by atoms with van der Waals surface area (Å²) in [5.41, 5.74) is 0.329. The number of carboxylic acids is 1. The molecule has 0 saturated carbocycles. The van der Waals surface area contributed by atoms with Crippen LogP contribution in [-0.2, 0) is 21.5 Å². The van der Waals surface area contributed by atoms with Crippen molar-refractivity contribution in [2.24, 2.45) is 0 Å². The Kier molecular flexibility index (Phi) is 5.59. The van der Waals surface area contributed by atoms with Gasteiger partial charge in [0.1, 0.15) is 0 Å². The molecular formula is C22H23N3O3. The van der Waals surface area contributed by atoms with Gasteiger partial charge in [-0.2, -0.15) is 5.10 Å². The van der Waals surface area contributed by atoms with Crippen LogP contribution in [0.2, 0.25) is 0 Å². The third kappa shape index (κ3) is 3.67. The Morgan fingerprint density at radius 3 is 2.25 bits per heavy atom. The van der Waals surface area contributed by atoms with Crippen molar-refractivity contribution >= 4 is 17.6 Å². The molecule has 0 saturated heterocycles. The van der Waals surface area contributed by atoms with Gasteiger partial charge in [-0.05, 0) is 31.5 Å². The summed E-state index contributed by atoms with van der Waals surface area (Å²) < 4.78 is 1.65. The SMILES string of the molecule is CCN(C(=O)C(C)(C(=O)O)c1cnn(Cc2ccccc2)c1)c1ccccc1. The van der Waals surface area contributed by atoms with Gasteiger partial charge in [-0.15, -0.1) is 0 Å². The number of anilines is 1. The van der Waals surface area contributed by atoms with E-state index in [4.69, 9.17) is 0 Å². The molecule has 3 rings (SSSR count). The highest BCUT2D eigenvalue weighted by Gasteiger charge is 2.46. The quantitative estimate of drug-likeness (QED) is 0.641. The maximum atomic E-state index is 13.3. The molecular weight excluding hydrogens is 354 g/mol. The number of benzene rings is 2. The van der Waals surface area contributed by atoms with Crippen LogP contribution in [0.1, 0.15) is 25.0 Å². The molecule has 1 amide bonds. The van der Waals surface area contributed by atoms with Crippen molar-refractivity contribution in [3.05, 3.63) is 84.2 Å². The van der Waals surface area contributed by atoms with Crippen molar-refractivity contribution < 1.29 is 14.7 Å². The number of carbonyl (C=O) groups excluding carboxylic acids is 1. The zero-order chi connectivity index (χ0) is 20.1. The summed E-state index contributed by atoms with van der Waals surface area (Å²) >= 11 is 0. The summed E-state index contributed by atoms with van der Waals surface area (Å²) in [7, 11) is 0. The molecule has 2 aromatic carbocycles. The standard InChI is InChI=1S/C22H23N3O3/c1-3-25(19-12-8-5-9-13-19)20(26)22(2,21(27)28)18-14-23-24(16-18)15-17-10-6-4-7-11-17/h4-14,16H,3,15H2,1-2H3,(H,27,28). The lowest BCUT2D eigenvalue weighted by atomic mass is 9.82. The zero-order valence-corrected chi connectivity index (χ0v) is 15.9. The number of hydrogen-bond donors (Lipinski definition) is 1. The minimum atomic E-state index is -1.74. The molecule has 1 N–H and O–H groups in total. The summed E-state index contributed by atoms with van der Waals surface area (Å²) in [4.78, 5) is 27.0. The third-order valence-corrected chi connectivity index (χ3v) is 4.88. The molecule has 0 aliphatic carbocycles. The number of rotatable bonds is 7. The number of carboxylic acid groups (broad SMARTS) is 1. The Hall–Kier alpha value is -3.41. The van der Waals surface area contributed by atoms with Crippen LogP contribution in [0.25, 0.3) is 0 Å². The van der Waals surface area contributed by atoms with Gasteiger partial charge in [-0.1, -0.05) is 48.5 Å². The van der Waals surface area contributed by atoms with Crippen molar-refractivity contribution in [3.8, 4) is 0 Å². The van der Waals surface area contributed by atoms with Crippen LogP contribution >= 0.6 is 0 Å². The predicted octanol–water partition coefficient (Wildman–Crippen LogP) is 3.33. The monoisotopic (exact) mass is 377 g/mol. The summed E-state index contributed by atoms with van der Waals surface area (Å²) in [6.45, 7) is 4.13. The molecule has 1 aromatic heterocycles. The van der Waals surface area contributed by atoms with Gasteiger partial charge in [-0.25, -0.2) is 0 Å². The maximum Gasteiger partial charge on any atom is 0.323 e. The van der Waals surface area contributed by atoms with E-state index < -0.39 is 17.3 Å². The number of aromatic nitrogens is 2. The van der Waals surface area contributed by atoms with Crippen molar-refractivity contribution in [2.45, 2.75) is 25.8 Å². The second-order valence-electron chi connectivity index (χ2n) is 6.73. The zero-order valence-electron chi connectivity index (χ0n) is 15.9. The van der Waals surface area contributed by atoms with Gasteiger partial charge in [-0.3, -0.25) is 14.3 Å². The second-order valence-corrected chi connectivity index (χ2v) is 6.73. The predicted molar refractivity (Wildman–Crippen MR) is 107 cm³/mol. The average Bonchev–Trinajstić information content (AvgIpc) is 3.18. The van der Waals surface area contributed by atoms with Crippen LogP contribution in [0.15, 0.2) is 73.1 Å². The molecule has 6 heteroatoms. The highest BCUT2D eigenvalue weighted by atomic mass is 16.4. The van der Waals surface area contributed by atoms with E-state index in [-0.39, 0.29) is 0 Å². The molecule has 0 bridgehead atoms. The smallest absolute Gasteiger partial charge is 0.323 e. The van der Waals surface area contributed by atoms with Gasteiger partial charge in [0.25, 0.3) is 0 Å². The second kappa shape index (κ2) is 8.08. The van der Waals surface area contributed by atoms with E-state index in [9.17, 15) is 14.7 Å².